The van der Waals surface area contributed by atoms with Gasteiger partial charge in [0.1, 0.15) is 5.75 Å². The van der Waals surface area contributed by atoms with E-state index in [2.05, 4.69) is 47.1 Å². The molecule has 1 aliphatic rings. The number of rotatable bonds is 6. The maximum Gasteiger partial charge on any atom is 0.122 e. The zero-order valence-electron chi connectivity index (χ0n) is 12.9. The highest BCUT2D eigenvalue weighted by Crippen LogP contribution is 2.26. The molecular formula is C17H23N3O. The Kier molecular flexibility index (Phi) is 4.25. The van der Waals surface area contributed by atoms with Crippen molar-refractivity contribution >= 4 is 0 Å². The fraction of sp³-hybridized carbons (Fsp3) is 0.471. The molecule has 0 bridgehead atoms. The fourth-order valence-electron chi connectivity index (χ4n) is 2.77. The summed E-state index contributed by atoms with van der Waals surface area (Å²) in [5, 5.41) is 7.86. The molecule has 0 fully saturated rings. The molecule has 1 aromatic heterocycles. The Hall–Kier alpha value is -1.81. The van der Waals surface area contributed by atoms with Crippen molar-refractivity contribution in [1.82, 2.24) is 15.1 Å². The summed E-state index contributed by atoms with van der Waals surface area (Å²) in [5.41, 5.74) is 5.26. The third-order valence-electron chi connectivity index (χ3n) is 4.14. The van der Waals surface area contributed by atoms with Gasteiger partial charge >= 0.3 is 0 Å². The van der Waals surface area contributed by atoms with E-state index in [0.29, 0.717) is 0 Å². The Morgan fingerprint density at radius 3 is 3.14 bits per heavy atom. The van der Waals surface area contributed by atoms with Gasteiger partial charge in [-0.2, -0.15) is 5.10 Å². The molecule has 2 aromatic rings. The van der Waals surface area contributed by atoms with Crippen LogP contribution in [-0.4, -0.2) is 22.9 Å². The highest BCUT2D eigenvalue weighted by atomic mass is 16.5. The van der Waals surface area contributed by atoms with Crippen molar-refractivity contribution in [3.63, 3.8) is 0 Å². The predicted octanol–water partition coefficient (Wildman–Crippen LogP) is 2.48. The van der Waals surface area contributed by atoms with E-state index in [9.17, 15) is 0 Å². The number of benzene rings is 1. The molecule has 4 nitrogen and oxygen atoms in total. The van der Waals surface area contributed by atoms with Gasteiger partial charge in [-0.1, -0.05) is 19.1 Å². The van der Waals surface area contributed by atoms with Gasteiger partial charge in [-0.05, 0) is 37.1 Å². The summed E-state index contributed by atoms with van der Waals surface area (Å²) in [7, 11) is 0. The van der Waals surface area contributed by atoms with E-state index in [4.69, 9.17) is 4.74 Å². The van der Waals surface area contributed by atoms with Gasteiger partial charge in [0.15, 0.2) is 0 Å². The largest absolute Gasteiger partial charge is 0.493 e. The molecule has 1 aromatic carbocycles. The van der Waals surface area contributed by atoms with Gasteiger partial charge in [0.05, 0.1) is 12.8 Å². The van der Waals surface area contributed by atoms with Crippen molar-refractivity contribution in [3.05, 3.63) is 46.8 Å². The summed E-state index contributed by atoms with van der Waals surface area (Å²) in [6, 6.07) is 6.55. The third kappa shape index (κ3) is 3.10. The minimum atomic E-state index is 0.824. The van der Waals surface area contributed by atoms with E-state index in [1.807, 2.05) is 6.20 Å². The second kappa shape index (κ2) is 6.31. The highest BCUT2D eigenvalue weighted by molar-refractivity contribution is 5.39. The van der Waals surface area contributed by atoms with Crippen molar-refractivity contribution in [3.8, 4) is 5.75 Å². The number of nitrogens with one attached hydrogen (secondary N) is 1. The van der Waals surface area contributed by atoms with E-state index in [1.54, 1.807) is 0 Å². The molecular weight excluding hydrogens is 262 g/mol. The lowest BCUT2D eigenvalue weighted by atomic mass is 10.1. The summed E-state index contributed by atoms with van der Waals surface area (Å²) in [6.45, 7) is 7.91. The van der Waals surface area contributed by atoms with Crippen LogP contribution in [0.4, 0.5) is 0 Å². The van der Waals surface area contributed by atoms with Gasteiger partial charge in [0, 0.05) is 30.8 Å². The molecule has 21 heavy (non-hydrogen) atoms. The van der Waals surface area contributed by atoms with E-state index in [0.717, 1.165) is 44.8 Å². The molecule has 4 heteroatoms. The molecule has 0 aliphatic carbocycles. The van der Waals surface area contributed by atoms with Crippen LogP contribution in [0.15, 0.2) is 24.4 Å². The smallest absolute Gasteiger partial charge is 0.122 e. The maximum absolute atomic E-state index is 5.55. The van der Waals surface area contributed by atoms with Gasteiger partial charge < -0.3 is 10.1 Å². The van der Waals surface area contributed by atoms with Crippen molar-refractivity contribution in [2.24, 2.45) is 0 Å². The Balaban J connectivity index is 1.63. The summed E-state index contributed by atoms with van der Waals surface area (Å²) in [4.78, 5) is 0. The number of fused-ring (bicyclic) bond motifs is 1. The van der Waals surface area contributed by atoms with Crippen LogP contribution < -0.4 is 10.1 Å². The lowest BCUT2D eigenvalue weighted by molar-refractivity contribution is 0.357. The molecule has 1 N–H and O–H groups in total. The van der Waals surface area contributed by atoms with E-state index >= 15 is 0 Å². The van der Waals surface area contributed by atoms with E-state index in [1.165, 1.54) is 22.4 Å². The zero-order valence-corrected chi connectivity index (χ0v) is 12.9. The van der Waals surface area contributed by atoms with Crippen LogP contribution >= 0.6 is 0 Å². The molecule has 0 unspecified atom stereocenters. The Morgan fingerprint density at radius 1 is 1.38 bits per heavy atom. The highest BCUT2D eigenvalue weighted by Gasteiger charge is 2.12. The minimum absolute atomic E-state index is 0.824. The zero-order chi connectivity index (χ0) is 14.7. The maximum atomic E-state index is 5.55. The SMILES string of the molecule is CCNCc1cnn(CCc2ccc3c(c2)CCO3)c1C. The van der Waals surface area contributed by atoms with Gasteiger partial charge in [-0.3, -0.25) is 4.68 Å². The Bertz CT molecular complexity index is 618. The molecule has 2 heterocycles. The van der Waals surface area contributed by atoms with Gasteiger partial charge in [-0.25, -0.2) is 0 Å². The minimum Gasteiger partial charge on any atom is -0.493 e. The topological polar surface area (TPSA) is 39.1 Å². The van der Waals surface area contributed by atoms with Gasteiger partial charge in [0.2, 0.25) is 0 Å². The fourth-order valence-corrected chi connectivity index (χ4v) is 2.77. The molecule has 0 radical (unpaired) electrons. The first kappa shape index (κ1) is 14.1. The molecule has 0 spiro atoms. The molecule has 0 amide bonds. The van der Waals surface area contributed by atoms with Crippen LogP contribution in [0.1, 0.15) is 29.3 Å². The number of nitrogens with zero attached hydrogens (tertiary/aromatic N) is 2. The first-order valence-corrected chi connectivity index (χ1v) is 7.74. The van der Waals surface area contributed by atoms with E-state index < -0.39 is 0 Å². The number of ether oxygens (including phenoxy) is 1. The van der Waals surface area contributed by atoms with Crippen molar-refractivity contribution in [2.75, 3.05) is 13.2 Å². The average molecular weight is 285 g/mol. The standard InChI is InChI=1S/C17H23N3O/c1-3-18-11-16-12-19-20(13(16)2)8-6-14-4-5-17-15(10-14)7-9-21-17/h4-5,10,12,18H,3,6-9,11H2,1-2H3. The van der Waals surface area contributed by atoms with Crippen LogP contribution in [0.2, 0.25) is 0 Å². The van der Waals surface area contributed by atoms with Crippen LogP contribution in [0.5, 0.6) is 5.75 Å². The molecule has 0 saturated heterocycles. The van der Waals surface area contributed by atoms with Crippen LogP contribution in [0, 0.1) is 6.92 Å². The lowest BCUT2D eigenvalue weighted by Crippen LogP contribution is -2.13. The van der Waals surface area contributed by atoms with Crippen LogP contribution in [-0.2, 0) is 25.9 Å². The number of aromatic nitrogens is 2. The summed E-state index contributed by atoms with van der Waals surface area (Å²) >= 11 is 0. The Labute approximate surface area is 126 Å². The summed E-state index contributed by atoms with van der Waals surface area (Å²) in [6.07, 6.45) is 4.03. The van der Waals surface area contributed by atoms with Gasteiger partial charge in [0.25, 0.3) is 0 Å². The first-order chi connectivity index (χ1) is 10.3. The predicted molar refractivity (Wildman–Crippen MR) is 83.7 cm³/mol. The van der Waals surface area contributed by atoms with Crippen molar-refractivity contribution in [2.45, 2.75) is 39.8 Å². The lowest BCUT2D eigenvalue weighted by Gasteiger charge is -2.07. The number of aryl methyl sites for hydroxylation is 2. The summed E-state index contributed by atoms with van der Waals surface area (Å²) in [5.74, 6) is 1.06. The van der Waals surface area contributed by atoms with Crippen LogP contribution in [0.25, 0.3) is 0 Å². The number of hydrogen-bond acceptors (Lipinski definition) is 3. The molecule has 1 aliphatic heterocycles. The van der Waals surface area contributed by atoms with Crippen molar-refractivity contribution < 1.29 is 4.74 Å². The van der Waals surface area contributed by atoms with Crippen molar-refractivity contribution in [1.29, 1.82) is 0 Å². The molecule has 112 valence electrons. The van der Waals surface area contributed by atoms with Gasteiger partial charge in [-0.15, -0.1) is 0 Å². The molecule has 0 atom stereocenters. The second-order valence-corrected chi connectivity index (χ2v) is 5.55. The second-order valence-electron chi connectivity index (χ2n) is 5.55. The third-order valence-corrected chi connectivity index (χ3v) is 4.14. The molecule has 0 saturated carbocycles. The molecule has 3 rings (SSSR count). The Morgan fingerprint density at radius 2 is 2.29 bits per heavy atom. The number of hydrogen-bond donors (Lipinski definition) is 1. The quantitative estimate of drug-likeness (QED) is 0.886. The van der Waals surface area contributed by atoms with E-state index in [-0.39, 0.29) is 0 Å². The monoisotopic (exact) mass is 285 g/mol. The normalized spacial score (nSPS) is 13.2. The van der Waals surface area contributed by atoms with Crippen LogP contribution in [0.3, 0.4) is 0 Å². The average Bonchev–Trinajstić information content (AvgIpc) is 3.09. The summed E-state index contributed by atoms with van der Waals surface area (Å²) < 4.78 is 7.66. The first-order valence-electron chi connectivity index (χ1n) is 7.74.